The summed E-state index contributed by atoms with van der Waals surface area (Å²) >= 11 is 0. The number of amides is 2. The summed E-state index contributed by atoms with van der Waals surface area (Å²) in [4.78, 5) is 33.0. The van der Waals surface area contributed by atoms with E-state index in [4.69, 9.17) is 4.74 Å². The van der Waals surface area contributed by atoms with Crippen molar-refractivity contribution in [2.24, 2.45) is 0 Å². The van der Waals surface area contributed by atoms with Crippen molar-refractivity contribution in [2.75, 3.05) is 52.6 Å². The van der Waals surface area contributed by atoms with Crippen LogP contribution in [0, 0.1) is 5.82 Å². The highest BCUT2D eigenvalue weighted by Gasteiger charge is 2.29. The SMILES string of the molecule is COc1ccccc1-c1cc(C2=CCCN(C(=O)CCn3ccnn3)C2)c(F)c2[nH]c(C(=O)N3CCN(S(C)(=O)=O)CC3)cc12. The number of piperazine rings is 1. The van der Waals surface area contributed by atoms with Crippen molar-refractivity contribution < 1.29 is 27.1 Å². The molecule has 0 unspecified atom stereocenters. The monoisotopic (exact) mass is 635 g/mol. The second kappa shape index (κ2) is 12.4. The molecule has 236 valence electrons. The molecule has 2 aliphatic heterocycles. The molecular weight excluding hydrogens is 601 g/mol. The van der Waals surface area contributed by atoms with E-state index in [9.17, 15) is 18.0 Å². The Kier molecular flexibility index (Phi) is 8.42. The third kappa shape index (κ3) is 6.20. The maximum absolute atomic E-state index is 16.5. The summed E-state index contributed by atoms with van der Waals surface area (Å²) in [5.41, 5.74) is 2.77. The van der Waals surface area contributed by atoms with Crippen molar-refractivity contribution in [2.45, 2.75) is 19.4 Å². The van der Waals surface area contributed by atoms with Crippen LogP contribution in [0.15, 0.2) is 54.9 Å². The Labute approximate surface area is 260 Å². The molecule has 45 heavy (non-hydrogen) atoms. The van der Waals surface area contributed by atoms with Crippen molar-refractivity contribution in [3.8, 4) is 16.9 Å². The number of benzene rings is 2. The highest BCUT2D eigenvalue weighted by molar-refractivity contribution is 7.88. The van der Waals surface area contributed by atoms with Gasteiger partial charge in [0.1, 0.15) is 11.4 Å². The first-order valence-electron chi connectivity index (χ1n) is 14.7. The van der Waals surface area contributed by atoms with Gasteiger partial charge in [0.05, 0.1) is 31.6 Å². The van der Waals surface area contributed by atoms with Crippen LogP contribution < -0.4 is 4.74 Å². The molecular formula is C31H34FN7O5S. The zero-order valence-electron chi connectivity index (χ0n) is 25.1. The van der Waals surface area contributed by atoms with Gasteiger partial charge in [0, 0.05) is 68.4 Å². The Balaban J connectivity index is 1.35. The Bertz CT molecular complexity index is 1880. The highest BCUT2D eigenvalue weighted by atomic mass is 32.2. The molecule has 1 N–H and O–H groups in total. The predicted octanol–water partition coefficient (Wildman–Crippen LogP) is 3.00. The van der Waals surface area contributed by atoms with Gasteiger partial charge in [-0.25, -0.2) is 12.8 Å². The quantitative estimate of drug-likeness (QED) is 0.315. The van der Waals surface area contributed by atoms with Crippen LogP contribution in [-0.2, 0) is 21.4 Å². The Morgan fingerprint density at radius 1 is 1.02 bits per heavy atom. The van der Waals surface area contributed by atoms with Crippen molar-refractivity contribution >= 4 is 38.3 Å². The van der Waals surface area contributed by atoms with E-state index >= 15 is 4.39 Å². The van der Waals surface area contributed by atoms with Crippen LogP contribution in [0.5, 0.6) is 5.75 Å². The molecule has 0 saturated carbocycles. The molecule has 0 radical (unpaired) electrons. The predicted molar refractivity (Wildman–Crippen MR) is 166 cm³/mol. The van der Waals surface area contributed by atoms with Crippen molar-refractivity contribution in [1.29, 1.82) is 0 Å². The lowest BCUT2D eigenvalue weighted by molar-refractivity contribution is -0.131. The molecule has 1 fully saturated rings. The number of nitrogens with zero attached hydrogens (tertiary/aromatic N) is 6. The topological polar surface area (TPSA) is 134 Å². The number of hydrogen-bond donors (Lipinski definition) is 1. The van der Waals surface area contributed by atoms with E-state index in [2.05, 4.69) is 15.3 Å². The van der Waals surface area contributed by atoms with E-state index in [1.807, 2.05) is 30.3 Å². The average molecular weight is 636 g/mol. The molecule has 0 atom stereocenters. The lowest BCUT2D eigenvalue weighted by atomic mass is 9.93. The van der Waals surface area contributed by atoms with Gasteiger partial charge >= 0.3 is 0 Å². The van der Waals surface area contributed by atoms with Crippen molar-refractivity contribution in [3.63, 3.8) is 0 Å². The molecule has 12 nitrogen and oxygen atoms in total. The molecule has 0 spiro atoms. The number of hydrogen-bond acceptors (Lipinski definition) is 7. The summed E-state index contributed by atoms with van der Waals surface area (Å²) in [6, 6.07) is 10.8. The summed E-state index contributed by atoms with van der Waals surface area (Å²) in [5.74, 6) is -0.337. The molecule has 1 saturated heterocycles. The van der Waals surface area contributed by atoms with Crippen molar-refractivity contribution in [1.82, 2.24) is 34.1 Å². The zero-order valence-corrected chi connectivity index (χ0v) is 25.9. The Morgan fingerprint density at radius 2 is 1.80 bits per heavy atom. The van der Waals surface area contributed by atoms with Gasteiger partial charge < -0.3 is 19.5 Å². The first-order chi connectivity index (χ1) is 21.6. The summed E-state index contributed by atoms with van der Waals surface area (Å²) in [6.45, 7) is 1.99. The Morgan fingerprint density at radius 3 is 2.51 bits per heavy atom. The Hall–Kier alpha value is -4.56. The molecule has 2 aliphatic rings. The fraction of sp³-hybridized carbons (Fsp3) is 0.355. The normalized spacial score (nSPS) is 16.2. The van der Waals surface area contributed by atoms with E-state index in [1.165, 1.54) is 4.31 Å². The summed E-state index contributed by atoms with van der Waals surface area (Å²) < 4.78 is 48.9. The largest absolute Gasteiger partial charge is 0.496 e. The molecule has 6 rings (SSSR count). The van der Waals surface area contributed by atoms with Gasteiger partial charge in [0.2, 0.25) is 15.9 Å². The van der Waals surface area contributed by atoms with E-state index < -0.39 is 15.8 Å². The maximum atomic E-state index is 16.5. The molecule has 2 aromatic heterocycles. The highest BCUT2D eigenvalue weighted by Crippen LogP contribution is 2.40. The van der Waals surface area contributed by atoms with Crippen LogP contribution in [0.3, 0.4) is 0 Å². The number of aromatic nitrogens is 4. The van der Waals surface area contributed by atoms with Crippen LogP contribution in [0.4, 0.5) is 4.39 Å². The van der Waals surface area contributed by atoms with Gasteiger partial charge in [-0.1, -0.05) is 29.5 Å². The molecule has 14 heteroatoms. The number of H-pyrrole nitrogens is 1. The second-order valence-electron chi connectivity index (χ2n) is 11.2. The summed E-state index contributed by atoms with van der Waals surface area (Å²) in [5, 5.41) is 8.20. The van der Waals surface area contributed by atoms with Gasteiger partial charge in [-0.05, 0) is 35.8 Å². The number of carbonyl (C=O) groups is 2. The van der Waals surface area contributed by atoms with Crippen LogP contribution in [0.25, 0.3) is 27.6 Å². The fourth-order valence-corrected chi connectivity index (χ4v) is 6.79. The first kappa shape index (κ1) is 30.5. The number of fused-ring (bicyclic) bond motifs is 1. The summed E-state index contributed by atoms with van der Waals surface area (Å²) in [7, 11) is -1.79. The maximum Gasteiger partial charge on any atom is 0.270 e. The first-order valence-corrected chi connectivity index (χ1v) is 16.5. The van der Waals surface area contributed by atoms with Crippen molar-refractivity contribution in [3.05, 3.63) is 71.9 Å². The van der Waals surface area contributed by atoms with Gasteiger partial charge in [0.25, 0.3) is 5.91 Å². The third-order valence-electron chi connectivity index (χ3n) is 8.35. The van der Waals surface area contributed by atoms with Crippen LogP contribution in [-0.4, -0.2) is 107 Å². The minimum Gasteiger partial charge on any atom is -0.496 e. The molecule has 2 aromatic carbocycles. The van der Waals surface area contributed by atoms with Crippen LogP contribution in [0.1, 0.15) is 28.9 Å². The fourth-order valence-electron chi connectivity index (χ4n) is 5.96. The number of nitrogens with one attached hydrogen (secondary N) is 1. The zero-order chi connectivity index (χ0) is 31.7. The lowest BCUT2D eigenvalue weighted by Gasteiger charge is -2.33. The number of sulfonamides is 1. The van der Waals surface area contributed by atoms with Gasteiger partial charge in [0.15, 0.2) is 5.82 Å². The molecule has 4 aromatic rings. The van der Waals surface area contributed by atoms with E-state index in [-0.39, 0.29) is 62.2 Å². The third-order valence-corrected chi connectivity index (χ3v) is 9.65. The second-order valence-corrected chi connectivity index (χ2v) is 13.1. The minimum absolute atomic E-state index is 0.0636. The number of halogens is 1. The molecule has 0 aliphatic carbocycles. The molecule has 4 heterocycles. The number of aromatic amines is 1. The average Bonchev–Trinajstić information content (AvgIpc) is 3.74. The number of rotatable bonds is 8. The van der Waals surface area contributed by atoms with Crippen LogP contribution >= 0.6 is 0 Å². The van der Waals surface area contributed by atoms with Crippen LogP contribution in [0.2, 0.25) is 0 Å². The number of aryl methyl sites for hydroxylation is 1. The molecule has 0 bridgehead atoms. The number of ether oxygens (including phenoxy) is 1. The van der Waals surface area contributed by atoms with E-state index in [0.29, 0.717) is 47.3 Å². The standard InChI is InChI=1S/C31H34FN7O5S/c1-44-27-8-4-3-7-22(27)24-18-23(21-6-5-11-37(20-21)28(40)9-12-38-13-10-33-35-38)29(32)30-25(24)19-26(34-30)31(41)36-14-16-39(17-15-36)45(2,42)43/h3-4,6-8,10,13,18-19,34H,5,9,11-12,14-17,20H2,1-2H3. The van der Waals surface area contributed by atoms with E-state index in [0.717, 1.165) is 11.8 Å². The van der Waals surface area contributed by atoms with Gasteiger partial charge in [-0.3, -0.25) is 14.3 Å². The molecule has 2 amide bonds. The van der Waals surface area contributed by atoms with E-state index in [1.54, 1.807) is 46.1 Å². The van der Waals surface area contributed by atoms with Gasteiger partial charge in [-0.15, -0.1) is 5.10 Å². The number of para-hydroxylation sites is 1. The summed E-state index contributed by atoms with van der Waals surface area (Å²) in [6.07, 6.45) is 7.17. The lowest BCUT2D eigenvalue weighted by Crippen LogP contribution is -2.50. The minimum atomic E-state index is -3.36. The van der Waals surface area contributed by atoms with Gasteiger partial charge in [-0.2, -0.15) is 4.31 Å². The smallest absolute Gasteiger partial charge is 0.270 e. The number of methoxy groups -OCH3 is 1. The number of carbonyl (C=O) groups excluding carboxylic acids is 2.